The van der Waals surface area contributed by atoms with Gasteiger partial charge in [-0.3, -0.25) is 4.79 Å². The van der Waals surface area contributed by atoms with E-state index in [-0.39, 0.29) is 5.92 Å². The number of rotatable bonds is 3. The molecule has 2 unspecified atom stereocenters. The van der Waals surface area contributed by atoms with Crippen LogP contribution in [0.5, 0.6) is 0 Å². The smallest absolute Gasteiger partial charge is 0.389 e. The van der Waals surface area contributed by atoms with Crippen molar-refractivity contribution in [2.24, 2.45) is 5.92 Å². The molecule has 1 saturated heterocycles. The topological polar surface area (TPSA) is 40.5 Å². The molecule has 0 spiro atoms. The van der Waals surface area contributed by atoms with Crippen molar-refractivity contribution in [3.8, 4) is 0 Å². The number of carbonyl (C=O) groups is 1. The first-order chi connectivity index (χ1) is 7.83. The highest BCUT2D eigenvalue weighted by Crippen LogP contribution is 2.24. The summed E-state index contributed by atoms with van der Waals surface area (Å²) in [6.07, 6.45) is -5.10. The van der Waals surface area contributed by atoms with Crippen molar-refractivity contribution in [3.63, 3.8) is 0 Å². The van der Waals surface area contributed by atoms with Gasteiger partial charge < -0.3 is 10.0 Å². The van der Waals surface area contributed by atoms with E-state index >= 15 is 0 Å². The predicted molar refractivity (Wildman–Crippen MR) is 56.3 cm³/mol. The normalized spacial score (nSPS) is 26.1. The zero-order valence-corrected chi connectivity index (χ0v) is 9.83. The molecule has 1 rings (SSSR count). The summed E-state index contributed by atoms with van der Waals surface area (Å²) < 4.78 is 35.9. The number of halogens is 3. The van der Waals surface area contributed by atoms with Gasteiger partial charge in [-0.05, 0) is 12.8 Å². The summed E-state index contributed by atoms with van der Waals surface area (Å²) in [4.78, 5) is 13.0. The first-order valence-electron chi connectivity index (χ1n) is 5.86. The summed E-state index contributed by atoms with van der Waals surface area (Å²) in [6, 6.07) is 0. The molecule has 3 nitrogen and oxygen atoms in total. The molecule has 17 heavy (non-hydrogen) atoms. The van der Waals surface area contributed by atoms with Gasteiger partial charge in [0.2, 0.25) is 5.91 Å². The third-order valence-corrected chi connectivity index (χ3v) is 3.19. The van der Waals surface area contributed by atoms with Crippen LogP contribution in [0, 0.1) is 5.92 Å². The van der Waals surface area contributed by atoms with Crippen LogP contribution in [0.3, 0.4) is 0 Å². The number of aliphatic hydroxyl groups is 1. The van der Waals surface area contributed by atoms with Crippen LogP contribution in [0.15, 0.2) is 0 Å². The fraction of sp³-hybridized carbons (Fsp3) is 0.909. The van der Waals surface area contributed by atoms with Crippen LogP contribution in [0.1, 0.15) is 32.6 Å². The summed E-state index contributed by atoms with van der Waals surface area (Å²) in [5.41, 5.74) is 0. The highest BCUT2D eigenvalue weighted by Gasteiger charge is 2.32. The molecule has 1 N–H and O–H groups in total. The SMILES string of the molecule is CCC1CN(C(=O)CCC(F)(F)F)CCC1O. The number of amides is 1. The number of piperidine rings is 1. The van der Waals surface area contributed by atoms with E-state index in [1.165, 1.54) is 4.90 Å². The average molecular weight is 253 g/mol. The number of carbonyl (C=O) groups excluding carboxylic acids is 1. The van der Waals surface area contributed by atoms with E-state index in [2.05, 4.69) is 0 Å². The van der Waals surface area contributed by atoms with Gasteiger partial charge in [0.1, 0.15) is 0 Å². The number of aliphatic hydroxyl groups excluding tert-OH is 1. The van der Waals surface area contributed by atoms with Crippen molar-refractivity contribution < 1.29 is 23.1 Å². The van der Waals surface area contributed by atoms with Crippen molar-refractivity contribution in [1.29, 1.82) is 0 Å². The van der Waals surface area contributed by atoms with E-state index in [0.717, 1.165) is 6.42 Å². The lowest BCUT2D eigenvalue weighted by Crippen LogP contribution is -2.45. The zero-order valence-electron chi connectivity index (χ0n) is 9.83. The fourth-order valence-electron chi connectivity index (χ4n) is 2.05. The Bertz CT molecular complexity index is 268. The highest BCUT2D eigenvalue weighted by molar-refractivity contribution is 5.76. The van der Waals surface area contributed by atoms with Gasteiger partial charge in [-0.1, -0.05) is 6.92 Å². The number of hydrogen-bond donors (Lipinski definition) is 1. The van der Waals surface area contributed by atoms with Crippen molar-refractivity contribution in [2.75, 3.05) is 13.1 Å². The van der Waals surface area contributed by atoms with E-state index in [1.54, 1.807) is 0 Å². The van der Waals surface area contributed by atoms with Crippen molar-refractivity contribution in [3.05, 3.63) is 0 Å². The van der Waals surface area contributed by atoms with Crippen LogP contribution in [-0.2, 0) is 4.79 Å². The molecule has 1 heterocycles. The molecule has 6 heteroatoms. The number of likely N-dealkylation sites (tertiary alicyclic amines) is 1. The van der Waals surface area contributed by atoms with Crippen molar-refractivity contribution >= 4 is 5.91 Å². The second-order valence-electron chi connectivity index (χ2n) is 4.48. The Morgan fingerprint density at radius 3 is 2.65 bits per heavy atom. The van der Waals surface area contributed by atoms with Crippen LogP contribution in [0.2, 0.25) is 0 Å². The first-order valence-corrected chi connectivity index (χ1v) is 5.86. The Morgan fingerprint density at radius 2 is 2.12 bits per heavy atom. The maximum Gasteiger partial charge on any atom is 0.389 e. The quantitative estimate of drug-likeness (QED) is 0.835. The van der Waals surface area contributed by atoms with E-state index in [9.17, 15) is 23.1 Å². The minimum atomic E-state index is -4.28. The summed E-state index contributed by atoms with van der Waals surface area (Å²) >= 11 is 0. The van der Waals surface area contributed by atoms with Gasteiger partial charge in [0.05, 0.1) is 12.5 Å². The van der Waals surface area contributed by atoms with Crippen LogP contribution < -0.4 is 0 Å². The van der Waals surface area contributed by atoms with Gasteiger partial charge >= 0.3 is 6.18 Å². The van der Waals surface area contributed by atoms with Crippen molar-refractivity contribution in [1.82, 2.24) is 4.90 Å². The minimum Gasteiger partial charge on any atom is -0.393 e. The lowest BCUT2D eigenvalue weighted by Gasteiger charge is -2.35. The third-order valence-electron chi connectivity index (χ3n) is 3.19. The molecule has 2 atom stereocenters. The second kappa shape index (κ2) is 5.71. The molecule has 0 bridgehead atoms. The number of nitrogens with zero attached hydrogens (tertiary/aromatic N) is 1. The van der Waals surface area contributed by atoms with E-state index in [4.69, 9.17) is 0 Å². The Balaban J connectivity index is 2.42. The maximum absolute atomic E-state index is 12.0. The van der Waals surface area contributed by atoms with Crippen LogP contribution >= 0.6 is 0 Å². The molecular formula is C11H18F3NO2. The molecule has 1 amide bonds. The van der Waals surface area contributed by atoms with Gasteiger partial charge in [-0.2, -0.15) is 13.2 Å². The molecule has 0 aromatic rings. The minimum absolute atomic E-state index is 0.0152. The van der Waals surface area contributed by atoms with Gasteiger partial charge in [0, 0.05) is 25.4 Å². The van der Waals surface area contributed by atoms with Gasteiger partial charge in [0.15, 0.2) is 0 Å². The molecule has 0 aromatic heterocycles. The molecule has 0 aliphatic carbocycles. The summed E-state index contributed by atoms with van der Waals surface area (Å²) in [6.45, 7) is 2.63. The second-order valence-corrected chi connectivity index (χ2v) is 4.48. The van der Waals surface area contributed by atoms with E-state index in [0.29, 0.717) is 19.5 Å². The van der Waals surface area contributed by atoms with Crippen LogP contribution in [0.25, 0.3) is 0 Å². The highest BCUT2D eigenvalue weighted by atomic mass is 19.4. The Labute approximate surface area is 98.6 Å². The summed E-state index contributed by atoms with van der Waals surface area (Å²) in [5.74, 6) is -0.480. The molecule has 0 aromatic carbocycles. The molecular weight excluding hydrogens is 235 g/mol. The number of hydrogen-bond acceptors (Lipinski definition) is 2. The Kier molecular flexibility index (Phi) is 4.80. The molecule has 0 radical (unpaired) electrons. The summed E-state index contributed by atoms with van der Waals surface area (Å²) in [5, 5.41) is 9.61. The Hall–Kier alpha value is -0.780. The molecule has 1 fully saturated rings. The summed E-state index contributed by atoms with van der Waals surface area (Å²) in [7, 11) is 0. The standard InChI is InChI=1S/C11H18F3NO2/c1-2-8-7-15(6-4-9(8)16)10(17)3-5-11(12,13)14/h8-9,16H,2-7H2,1H3. The maximum atomic E-state index is 12.0. The zero-order chi connectivity index (χ0) is 13.1. The molecule has 0 saturated carbocycles. The van der Waals surface area contributed by atoms with E-state index in [1.807, 2.05) is 6.92 Å². The lowest BCUT2D eigenvalue weighted by atomic mass is 9.92. The average Bonchev–Trinajstić information content (AvgIpc) is 2.25. The lowest BCUT2D eigenvalue weighted by molar-refractivity contribution is -0.151. The Morgan fingerprint density at radius 1 is 1.47 bits per heavy atom. The fourth-order valence-corrected chi connectivity index (χ4v) is 2.05. The molecule has 100 valence electrons. The molecule has 1 aliphatic rings. The third kappa shape index (κ3) is 4.53. The largest absolute Gasteiger partial charge is 0.393 e. The monoisotopic (exact) mass is 253 g/mol. The predicted octanol–water partition coefficient (Wildman–Crippen LogP) is 1.95. The number of alkyl halides is 3. The van der Waals surface area contributed by atoms with Gasteiger partial charge in [-0.15, -0.1) is 0 Å². The van der Waals surface area contributed by atoms with Crippen LogP contribution in [-0.4, -0.2) is 41.3 Å². The van der Waals surface area contributed by atoms with Crippen LogP contribution in [0.4, 0.5) is 13.2 Å². The van der Waals surface area contributed by atoms with Gasteiger partial charge in [-0.25, -0.2) is 0 Å². The molecule has 1 aliphatic heterocycles. The van der Waals surface area contributed by atoms with Crippen molar-refractivity contribution in [2.45, 2.75) is 44.9 Å². The van der Waals surface area contributed by atoms with Gasteiger partial charge in [0.25, 0.3) is 0 Å². The first kappa shape index (κ1) is 14.3. The van der Waals surface area contributed by atoms with E-state index < -0.39 is 31.0 Å².